The predicted molar refractivity (Wildman–Crippen MR) is 62.2 cm³/mol. The highest BCUT2D eigenvalue weighted by atomic mass is 13.9. The second kappa shape index (κ2) is 6.76. The van der Waals surface area contributed by atoms with Gasteiger partial charge in [0.05, 0.1) is 0 Å². The first kappa shape index (κ1) is 10.4. The van der Waals surface area contributed by atoms with E-state index in [4.69, 9.17) is 0 Å². The summed E-state index contributed by atoms with van der Waals surface area (Å²) in [5.74, 6) is 0. The summed E-state index contributed by atoms with van der Waals surface area (Å²) in [7, 11) is 1.25. The molecule has 0 unspecified atom stereocenters. The van der Waals surface area contributed by atoms with Gasteiger partial charge in [-0.05, 0) is 0 Å². The molecule has 0 aromatic heterocycles. The molecule has 0 radical (unpaired) electrons. The van der Waals surface area contributed by atoms with Crippen LogP contribution in [0.5, 0.6) is 0 Å². The summed E-state index contributed by atoms with van der Waals surface area (Å²) < 4.78 is 0. The lowest BCUT2D eigenvalue weighted by Crippen LogP contribution is -2.12. The summed E-state index contributed by atoms with van der Waals surface area (Å²) in [6.07, 6.45) is 6.89. The second-order valence-corrected chi connectivity index (χ2v) is 3.65. The molecule has 70 valence electrons. The topological polar surface area (TPSA) is 0 Å². The average molecular weight is 174 g/mol. The van der Waals surface area contributed by atoms with Crippen molar-refractivity contribution in [3.63, 3.8) is 0 Å². The van der Waals surface area contributed by atoms with Gasteiger partial charge in [0, 0.05) is 0 Å². The van der Waals surface area contributed by atoms with Crippen molar-refractivity contribution in [2.24, 2.45) is 0 Å². The number of rotatable bonds is 6. The molecular formula is C12H19B. The van der Waals surface area contributed by atoms with E-state index >= 15 is 0 Å². The fourth-order valence-electron chi connectivity index (χ4n) is 1.58. The standard InChI is InChI=1S/C12H19B/c1-2-3-4-8-11-13-12-9-6-5-7-10-12/h5-7,9-10,13H,2-4,8,11H2,1H3. The summed E-state index contributed by atoms with van der Waals surface area (Å²) in [4.78, 5) is 0. The molecule has 0 aliphatic rings. The van der Waals surface area contributed by atoms with Crippen LogP contribution in [0.15, 0.2) is 30.3 Å². The Bertz CT molecular complexity index is 206. The molecule has 0 saturated carbocycles. The van der Waals surface area contributed by atoms with Crippen molar-refractivity contribution in [2.45, 2.75) is 38.9 Å². The molecular weight excluding hydrogens is 155 g/mol. The molecule has 0 bridgehead atoms. The Morgan fingerprint density at radius 2 is 1.77 bits per heavy atom. The third kappa shape index (κ3) is 4.77. The molecule has 0 amide bonds. The van der Waals surface area contributed by atoms with E-state index in [2.05, 4.69) is 37.3 Å². The highest BCUT2D eigenvalue weighted by Crippen LogP contribution is 2.01. The van der Waals surface area contributed by atoms with Gasteiger partial charge in [0.1, 0.15) is 0 Å². The first-order chi connectivity index (χ1) is 6.43. The van der Waals surface area contributed by atoms with Gasteiger partial charge in [-0.2, -0.15) is 0 Å². The van der Waals surface area contributed by atoms with E-state index in [-0.39, 0.29) is 0 Å². The van der Waals surface area contributed by atoms with Crippen molar-refractivity contribution in [1.29, 1.82) is 0 Å². The Kier molecular flexibility index (Phi) is 5.39. The molecule has 0 spiro atoms. The summed E-state index contributed by atoms with van der Waals surface area (Å²) in [6.45, 7) is 2.26. The summed E-state index contributed by atoms with van der Waals surface area (Å²) in [5, 5.41) is 0. The number of benzene rings is 1. The minimum absolute atomic E-state index is 1.25. The highest BCUT2D eigenvalue weighted by molar-refractivity contribution is 6.53. The van der Waals surface area contributed by atoms with E-state index in [0.29, 0.717) is 0 Å². The fraction of sp³-hybridized carbons (Fsp3) is 0.500. The van der Waals surface area contributed by atoms with Crippen molar-refractivity contribution in [2.75, 3.05) is 0 Å². The average Bonchev–Trinajstić information content (AvgIpc) is 2.19. The van der Waals surface area contributed by atoms with Gasteiger partial charge >= 0.3 is 0 Å². The molecule has 1 aromatic carbocycles. The zero-order valence-electron chi connectivity index (χ0n) is 8.63. The SMILES string of the molecule is CCCCCCBc1ccccc1. The summed E-state index contributed by atoms with van der Waals surface area (Å²) in [5.41, 5.74) is 1.49. The maximum atomic E-state index is 2.26. The zero-order chi connectivity index (χ0) is 9.36. The largest absolute Gasteiger partial charge is 0.157 e. The van der Waals surface area contributed by atoms with Gasteiger partial charge in [-0.15, -0.1) is 0 Å². The van der Waals surface area contributed by atoms with E-state index in [9.17, 15) is 0 Å². The van der Waals surface area contributed by atoms with Gasteiger partial charge in [0.15, 0.2) is 7.28 Å². The van der Waals surface area contributed by atoms with Gasteiger partial charge in [-0.1, -0.05) is 74.7 Å². The highest BCUT2D eigenvalue weighted by Gasteiger charge is 1.93. The third-order valence-corrected chi connectivity index (χ3v) is 2.41. The van der Waals surface area contributed by atoms with Crippen molar-refractivity contribution >= 4 is 12.7 Å². The zero-order valence-corrected chi connectivity index (χ0v) is 8.63. The quantitative estimate of drug-likeness (QED) is 0.459. The molecule has 0 aliphatic heterocycles. The van der Waals surface area contributed by atoms with E-state index in [1.54, 1.807) is 0 Å². The normalized spacial score (nSPS) is 9.92. The van der Waals surface area contributed by atoms with Crippen LogP contribution < -0.4 is 5.46 Å². The van der Waals surface area contributed by atoms with Crippen LogP contribution in [-0.2, 0) is 0 Å². The molecule has 0 heterocycles. The maximum Gasteiger partial charge on any atom is 0.157 e. The van der Waals surface area contributed by atoms with Gasteiger partial charge < -0.3 is 0 Å². The molecule has 1 heteroatoms. The van der Waals surface area contributed by atoms with E-state index in [1.165, 1.54) is 44.7 Å². The molecule has 0 saturated heterocycles. The first-order valence-electron chi connectivity index (χ1n) is 5.47. The van der Waals surface area contributed by atoms with Crippen molar-refractivity contribution in [3.05, 3.63) is 30.3 Å². The van der Waals surface area contributed by atoms with Crippen LogP contribution in [0, 0.1) is 0 Å². The molecule has 0 fully saturated rings. The van der Waals surface area contributed by atoms with Crippen LogP contribution >= 0.6 is 0 Å². The Labute approximate surface area is 82.6 Å². The van der Waals surface area contributed by atoms with Crippen LogP contribution in [0.25, 0.3) is 0 Å². The Morgan fingerprint density at radius 3 is 2.46 bits per heavy atom. The number of hydrogen-bond donors (Lipinski definition) is 0. The molecule has 1 aromatic rings. The summed E-state index contributed by atoms with van der Waals surface area (Å²) >= 11 is 0. The van der Waals surface area contributed by atoms with Crippen molar-refractivity contribution in [3.8, 4) is 0 Å². The van der Waals surface area contributed by atoms with Crippen molar-refractivity contribution < 1.29 is 0 Å². The maximum absolute atomic E-state index is 2.26. The van der Waals surface area contributed by atoms with Crippen LogP contribution in [0.4, 0.5) is 0 Å². The molecule has 0 N–H and O–H groups in total. The van der Waals surface area contributed by atoms with E-state index < -0.39 is 0 Å². The Morgan fingerprint density at radius 1 is 1.00 bits per heavy atom. The fourth-order valence-corrected chi connectivity index (χ4v) is 1.58. The van der Waals surface area contributed by atoms with Crippen LogP contribution in [0.3, 0.4) is 0 Å². The monoisotopic (exact) mass is 174 g/mol. The lowest BCUT2D eigenvalue weighted by Gasteiger charge is -1.98. The van der Waals surface area contributed by atoms with Crippen LogP contribution in [0.2, 0.25) is 6.32 Å². The number of hydrogen-bond acceptors (Lipinski definition) is 0. The Hall–Kier alpha value is -0.715. The van der Waals surface area contributed by atoms with Crippen LogP contribution in [0.1, 0.15) is 32.6 Å². The predicted octanol–water partition coefficient (Wildman–Crippen LogP) is 2.75. The van der Waals surface area contributed by atoms with Gasteiger partial charge in [-0.3, -0.25) is 0 Å². The van der Waals surface area contributed by atoms with Gasteiger partial charge in [0.25, 0.3) is 0 Å². The first-order valence-corrected chi connectivity index (χ1v) is 5.47. The molecule has 0 nitrogen and oxygen atoms in total. The lowest BCUT2D eigenvalue weighted by atomic mass is 9.66. The molecule has 0 atom stereocenters. The Balaban J connectivity index is 2.07. The smallest absolute Gasteiger partial charge is 0.0845 e. The minimum Gasteiger partial charge on any atom is -0.0845 e. The van der Waals surface area contributed by atoms with E-state index in [1.807, 2.05) is 0 Å². The molecule has 1 rings (SSSR count). The van der Waals surface area contributed by atoms with Gasteiger partial charge in [-0.25, -0.2) is 0 Å². The molecule has 0 aliphatic carbocycles. The summed E-state index contributed by atoms with van der Waals surface area (Å²) in [6, 6.07) is 10.8. The van der Waals surface area contributed by atoms with E-state index in [0.717, 1.165) is 0 Å². The third-order valence-electron chi connectivity index (χ3n) is 2.41. The molecule has 13 heavy (non-hydrogen) atoms. The van der Waals surface area contributed by atoms with Crippen molar-refractivity contribution in [1.82, 2.24) is 0 Å². The minimum atomic E-state index is 1.25. The number of unbranched alkanes of at least 4 members (excludes halogenated alkanes) is 3. The van der Waals surface area contributed by atoms with Gasteiger partial charge in [0.2, 0.25) is 0 Å². The second-order valence-electron chi connectivity index (χ2n) is 3.65. The van der Waals surface area contributed by atoms with Crippen LogP contribution in [-0.4, -0.2) is 7.28 Å². The lowest BCUT2D eigenvalue weighted by molar-refractivity contribution is 0.701.